The zero-order valence-electron chi connectivity index (χ0n) is 13.2. The highest BCUT2D eigenvalue weighted by Gasteiger charge is 2.33. The summed E-state index contributed by atoms with van der Waals surface area (Å²) in [6.07, 6.45) is 2.63. The largest absolute Gasteiger partial charge is 0.352 e. The molecule has 0 radical (unpaired) electrons. The first-order valence-corrected chi connectivity index (χ1v) is 7.68. The molecule has 0 aliphatic heterocycles. The summed E-state index contributed by atoms with van der Waals surface area (Å²) in [4.78, 5) is 26.1. The molecule has 3 N–H and O–H groups in total. The minimum absolute atomic E-state index is 0.0154. The lowest BCUT2D eigenvalue weighted by Gasteiger charge is -2.34. The van der Waals surface area contributed by atoms with Crippen molar-refractivity contribution in [1.82, 2.24) is 10.2 Å². The second-order valence-electron chi connectivity index (χ2n) is 6.23. The number of likely N-dealkylation sites (N-methyl/N-ethyl adjacent to an activating group) is 1. The van der Waals surface area contributed by atoms with Crippen LogP contribution < -0.4 is 11.1 Å². The minimum Gasteiger partial charge on any atom is -0.352 e. The summed E-state index contributed by atoms with van der Waals surface area (Å²) >= 11 is 0. The number of nitrogens with zero attached hydrogens (tertiary/aromatic N) is 1. The lowest BCUT2D eigenvalue weighted by molar-refractivity contribution is -0.141. The predicted molar refractivity (Wildman–Crippen MR) is 80.0 cm³/mol. The van der Waals surface area contributed by atoms with Gasteiger partial charge in [0.05, 0.1) is 6.54 Å². The van der Waals surface area contributed by atoms with Crippen LogP contribution in [-0.4, -0.2) is 41.9 Å². The molecule has 0 aromatic heterocycles. The van der Waals surface area contributed by atoms with Crippen molar-refractivity contribution in [3.8, 4) is 0 Å². The van der Waals surface area contributed by atoms with Gasteiger partial charge in [0.25, 0.3) is 0 Å². The molecule has 1 aliphatic carbocycles. The van der Waals surface area contributed by atoms with Gasteiger partial charge in [0.1, 0.15) is 0 Å². The zero-order chi connectivity index (χ0) is 15.3. The topological polar surface area (TPSA) is 75.4 Å². The molecule has 0 aromatic carbocycles. The third-order valence-electron chi connectivity index (χ3n) is 4.00. The number of rotatable bonds is 5. The third kappa shape index (κ3) is 4.78. The first-order chi connectivity index (χ1) is 9.35. The number of hydrogen-bond donors (Lipinski definition) is 2. The van der Waals surface area contributed by atoms with Crippen LogP contribution in [0.15, 0.2) is 0 Å². The molecule has 1 aliphatic rings. The van der Waals surface area contributed by atoms with Gasteiger partial charge in [-0.1, -0.05) is 6.92 Å². The van der Waals surface area contributed by atoms with Gasteiger partial charge in [-0.3, -0.25) is 9.59 Å². The highest BCUT2D eigenvalue weighted by molar-refractivity contribution is 5.86. The lowest BCUT2D eigenvalue weighted by Crippen LogP contribution is -2.47. The number of nitrogens with two attached hydrogens (primary N) is 1. The van der Waals surface area contributed by atoms with E-state index < -0.39 is 0 Å². The molecule has 2 amide bonds. The SMILES string of the molecule is CCN(CC(=O)NC(C)C)C(=O)C1CCC(N)CC1C. The minimum atomic E-state index is -0.0876. The van der Waals surface area contributed by atoms with Gasteiger partial charge < -0.3 is 16.0 Å². The van der Waals surface area contributed by atoms with Crippen molar-refractivity contribution < 1.29 is 9.59 Å². The highest BCUT2D eigenvalue weighted by atomic mass is 16.2. The van der Waals surface area contributed by atoms with E-state index in [9.17, 15) is 9.59 Å². The summed E-state index contributed by atoms with van der Waals surface area (Å²) in [5.74, 6) is 0.330. The molecule has 20 heavy (non-hydrogen) atoms. The summed E-state index contributed by atoms with van der Waals surface area (Å²) in [7, 11) is 0. The molecule has 0 spiro atoms. The number of hydrogen-bond acceptors (Lipinski definition) is 3. The van der Waals surface area contributed by atoms with E-state index in [4.69, 9.17) is 5.73 Å². The first kappa shape index (κ1) is 17.0. The van der Waals surface area contributed by atoms with Gasteiger partial charge in [0, 0.05) is 24.5 Å². The quantitative estimate of drug-likeness (QED) is 0.794. The Morgan fingerprint density at radius 3 is 2.50 bits per heavy atom. The summed E-state index contributed by atoms with van der Waals surface area (Å²) < 4.78 is 0. The molecule has 0 saturated heterocycles. The molecule has 1 rings (SSSR count). The smallest absolute Gasteiger partial charge is 0.239 e. The number of amides is 2. The summed E-state index contributed by atoms with van der Waals surface area (Å²) in [6.45, 7) is 8.56. The van der Waals surface area contributed by atoms with E-state index in [0.29, 0.717) is 12.5 Å². The summed E-state index contributed by atoms with van der Waals surface area (Å²) in [5, 5.41) is 2.83. The fourth-order valence-corrected chi connectivity index (χ4v) is 2.93. The molecule has 1 fully saturated rings. The van der Waals surface area contributed by atoms with Gasteiger partial charge in [-0.2, -0.15) is 0 Å². The first-order valence-electron chi connectivity index (χ1n) is 7.68. The van der Waals surface area contributed by atoms with Crippen LogP contribution in [0.5, 0.6) is 0 Å². The van der Waals surface area contributed by atoms with Gasteiger partial charge in [-0.15, -0.1) is 0 Å². The van der Waals surface area contributed by atoms with E-state index in [-0.39, 0.29) is 36.4 Å². The summed E-state index contributed by atoms with van der Waals surface area (Å²) in [5.41, 5.74) is 5.94. The zero-order valence-corrected chi connectivity index (χ0v) is 13.2. The number of carbonyl (C=O) groups excluding carboxylic acids is 2. The Hall–Kier alpha value is -1.10. The second kappa shape index (κ2) is 7.62. The maximum atomic E-state index is 12.6. The maximum absolute atomic E-state index is 12.6. The van der Waals surface area contributed by atoms with E-state index >= 15 is 0 Å². The Balaban J connectivity index is 2.60. The van der Waals surface area contributed by atoms with Crippen LogP contribution in [0.3, 0.4) is 0 Å². The molecular formula is C15H29N3O2. The molecule has 0 aromatic rings. The van der Waals surface area contributed by atoms with Crippen LogP contribution in [0.4, 0.5) is 0 Å². The molecule has 116 valence electrons. The van der Waals surface area contributed by atoms with E-state index in [1.54, 1.807) is 4.90 Å². The van der Waals surface area contributed by atoms with Gasteiger partial charge in [-0.25, -0.2) is 0 Å². The Kier molecular flexibility index (Phi) is 6.46. The van der Waals surface area contributed by atoms with Crippen molar-refractivity contribution >= 4 is 11.8 Å². The molecule has 3 atom stereocenters. The van der Waals surface area contributed by atoms with Crippen LogP contribution in [0.2, 0.25) is 0 Å². The molecule has 5 heteroatoms. The molecule has 0 heterocycles. The Morgan fingerprint density at radius 1 is 1.35 bits per heavy atom. The predicted octanol–water partition coefficient (Wildman–Crippen LogP) is 1.12. The van der Waals surface area contributed by atoms with Gasteiger partial charge in [-0.05, 0) is 46.0 Å². The van der Waals surface area contributed by atoms with Crippen LogP contribution in [-0.2, 0) is 9.59 Å². The fraction of sp³-hybridized carbons (Fsp3) is 0.867. The molecule has 1 saturated carbocycles. The Labute approximate surface area is 122 Å². The van der Waals surface area contributed by atoms with Crippen molar-refractivity contribution in [3.63, 3.8) is 0 Å². The normalized spacial score (nSPS) is 26.4. The number of nitrogens with one attached hydrogen (secondary N) is 1. The number of carbonyl (C=O) groups is 2. The fourth-order valence-electron chi connectivity index (χ4n) is 2.93. The van der Waals surface area contributed by atoms with Crippen molar-refractivity contribution in [3.05, 3.63) is 0 Å². The molecule has 0 bridgehead atoms. The van der Waals surface area contributed by atoms with Crippen LogP contribution in [0.1, 0.15) is 47.0 Å². The van der Waals surface area contributed by atoms with Crippen molar-refractivity contribution in [2.75, 3.05) is 13.1 Å². The van der Waals surface area contributed by atoms with E-state index in [0.717, 1.165) is 19.3 Å². The van der Waals surface area contributed by atoms with Crippen LogP contribution >= 0.6 is 0 Å². The van der Waals surface area contributed by atoms with E-state index in [1.807, 2.05) is 20.8 Å². The summed E-state index contributed by atoms with van der Waals surface area (Å²) in [6, 6.07) is 0.316. The van der Waals surface area contributed by atoms with Gasteiger partial charge >= 0.3 is 0 Å². The van der Waals surface area contributed by atoms with Crippen LogP contribution in [0.25, 0.3) is 0 Å². The van der Waals surface area contributed by atoms with Crippen molar-refractivity contribution in [2.45, 2.75) is 59.0 Å². The highest BCUT2D eigenvalue weighted by Crippen LogP contribution is 2.30. The van der Waals surface area contributed by atoms with Crippen LogP contribution in [0, 0.1) is 11.8 Å². The van der Waals surface area contributed by atoms with Crippen molar-refractivity contribution in [2.24, 2.45) is 17.6 Å². The average molecular weight is 283 g/mol. The maximum Gasteiger partial charge on any atom is 0.239 e. The lowest BCUT2D eigenvalue weighted by atomic mass is 9.77. The van der Waals surface area contributed by atoms with Gasteiger partial charge in [0.15, 0.2) is 0 Å². The average Bonchev–Trinajstić information content (AvgIpc) is 2.34. The standard InChI is InChI=1S/C15H29N3O2/c1-5-18(9-14(19)17-10(2)3)15(20)13-7-6-12(16)8-11(13)4/h10-13H,5-9,16H2,1-4H3,(H,17,19). The molecule has 3 unspecified atom stereocenters. The Bertz CT molecular complexity index is 344. The van der Waals surface area contributed by atoms with E-state index in [1.165, 1.54) is 0 Å². The molecular weight excluding hydrogens is 254 g/mol. The Morgan fingerprint density at radius 2 is 2.00 bits per heavy atom. The monoisotopic (exact) mass is 283 g/mol. The second-order valence-corrected chi connectivity index (χ2v) is 6.23. The molecule has 5 nitrogen and oxygen atoms in total. The van der Waals surface area contributed by atoms with E-state index in [2.05, 4.69) is 12.2 Å². The van der Waals surface area contributed by atoms with Crippen molar-refractivity contribution in [1.29, 1.82) is 0 Å². The van der Waals surface area contributed by atoms with Gasteiger partial charge in [0.2, 0.25) is 11.8 Å². The third-order valence-corrected chi connectivity index (χ3v) is 4.00.